The molecule has 1 fully saturated rings. The average molecular weight is 374 g/mol. The summed E-state index contributed by atoms with van der Waals surface area (Å²) in [6.45, 7) is 5.37. The van der Waals surface area contributed by atoms with Crippen LogP contribution in [0.25, 0.3) is 0 Å². The lowest BCUT2D eigenvalue weighted by Gasteiger charge is -2.36. The van der Waals surface area contributed by atoms with E-state index in [1.165, 1.54) is 5.69 Å². The van der Waals surface area contributed by atoms with E-state index < -0.39 is 0 Å². The fourth-order valence-corrected chi connectivity index (χ4v) is 3.31. The van der Waals surface area contributed by atoms with Crippen LogP contribution in [0.4, 0.5) is 5.69 Å². The van der Waals surface area contributed by atoms with Crippen molar-refractivity contribution in [1.82, 2.24) is 10.2 Å². The van der Waals surface area contributed by atoms with E-state index >= 15 is 0 Å². The van der Waals surface area contributed by atoms with E-state index in [1.54, 1.807) is 19.2 Å². The molecular formula is C20H24ClN3O2. The second-order valence-corrected chi connectivity index (χ2v) is 6.67. The Morgan fingerprint density at radius 2 is 1.77 bits per heavy atom. The van der Waals surface area contributed by atoms with Gasteiger partial charge in [0, 0.05) is 45.0 Å². The molecule has 2 aromatic carbocycles. The van der Waals surface area contributed by atoms with E-state index in [0.29, 0.717) is 17.1 Å². The smallest absolute Gasteiger partial charge is 0.252 e. The molecule has 0 aromatic heterocycles. The van der Waals surface area contributed by atoms with Gasteiger partial charge in [0.15, 0.2) is 0 Å². The lowest BCUT2D eigenvalue weighted by atomic mass is 10.2. The number of nitrogens with zero attached hydrogens (tertiary/aromatic N) is 2. The zero-order valence-electron chi connectivity index (χ0n) is 15.0. The number of benzene rings is 2. The van der Waals surface area contributed by atoms with Gasteiger partial charge in [-0.25, -0.2) is 0 Å². The number of hydrogen-bond acceptors (Lipinski definition) is 4. The second-order valence-electron chi connectivity index (χ2n) is 6.26. The Kier molecular flexibility index (Phi) is 6.36. The Hall–Kier alpha value is -2.24. The molecule has 1 heterocycles. The molecule has 2 aromatic rings. The molecule has 1 N–H and O–H groups in total. The van der Waals surface area contributed by atoms with Crippen LogP contribution in [-0.2, 0) is 0 Å². The van der Waals surface area contributed by atoms with Crippen molar-refractivity contribution in [2.45, 2.75) is 0 Å². The summed E-state index contributed by atoms with van der Waals surface area (Å²) in [5.41, 5.74) is 1.75. The summed E-state index contributed by atoms with van der Waals surface area (Å²) in [4.78, 5) is 16.9. The molecule has 0 aliphatic carbocycles. The molecule has 0 radical (unpaired) electrons. The van der Waals surface area contributed by atoms with E-state index in [0.717, 1.165) is 38.5 Å². The summed E-state index contributed by atoms with van der Waals surface area (Å²) in [7, 11) is 1.68. The molecule has 3 rings (SSSR count). The third kappa shape index (κ3) is 4.68. The highest BCUT2D eigenvalue weighted by molar-refractivity contribution is 6.33. The summed E-state index contributed by atoms with van der Waals surface area (Å²) in [5.74, 6) is 0.758. The minimum absolute atomic E-state index is 0.118. The molecule has 0 unspecified atom stereocenters. The number of nitrogens with one attached hydrogen (secondary N) is 1. The molecule has 1 aliphatic heterocycles. The van der Waals surface area contributed by atoms with Crippen molar-refractivity contribution < 1.29 is 9.53 Å². The lowest BCUT2D eigenvalue weighted by molar-refractivity contribution is 0.0948. The van der Waals surface area contributed by atoms with Crippen LogP contribution in [0.3, 0.4) is 0 Å². The van der Waals surface area contributed by atoms with Crippen LogP contribution in [0.1, 0.15) is 10.4 Å². The number of rotatable bonds is 6. The topological polar surface area (TPSA) is 44.8 Å². The van der Waals surface area contributed by atoms with Gasteiger partial charge >= 0.3 is 0 Å². The van der Waals surface area contributed by atoms with E-state index in [9.17, 15) is 4.79 Å². The third-order valence-corrected chi connectivity index (χ3v) is 4.97. The van der Waals surface area contributed by atoms with E-state index in [4.69, 9.17) is 16.3 Å². The summed E-state index contributed by atoms with van der Waals surface area (Å²) < 4.78 is 5.21. The maximum Gasteiger partial charge on any atom is 0.252 e. The molecule has 0 saturated carbocycles. The normalized spacial score (nSPS) is 14.9. The Morgan fingerprint density at radius 3 is 2.42 bits per heavy atom. The van der Waals surface area contributed by atoms with Gasteiger partial charge in [0.05, 0.1) is 17.7 Å². The molecule has 0 bridgehead atoms. The highest BCUT2D eigenvalue weighted by atomic mass is 35.5. The van der Waals surface area contributed by atoms with Crippen LogP contribution >= 0.6 is 11.6 Å². The summed E-state index contributed by atoms with van der Waals surface area (Å²) in [5, 5.41) is 3.43. The first kappa shape index (κ1) is 18.5. The lowest BCUT2D eigenvalue weighted by Crippen LogP contribution is -2.48. The van der Waals surface area contributed by atoms with E-state index in [1.807, 2.05) is 24.3 Å². The number of halogens is 1. The van der Waals surface area contributed by atoms with Gasteiger partial charge in [-0.2, -0.15) is 0 Å². The van der Waals surface area contributed by atoms with Gasteiger partial charge in [0.25, 0.3) is 5.91 Å². The van der Waals surface area contributed by atoms with Crippen molar-refractivity contribution in [3.05, 3.63) is 59.1 Å². The predicted octanol–water partition coefficient (Wildman–Crippen LogP) is 2.90. The molecule has 138 valence electrons. The van der Waals surface area contributed by atoms with Gasteiger partial charge in [-0.15, -0.1) is 0 Å². The average Bonchev–Trinajstić information content (AvgIpc) is 2.69. The largest absolute Gasteiger partial charge is 0.497 e. The van der Waals surface area contributed by atoms with Crippen LogP contribution in [0.2, 0.25) is 5.02 Å². The first-order valence-corrected chi connectivity index (χ1v) is 9.19. The van der Waals surface area contributed by atoms with Crippen LogP contribution in [0.5, 0.6) is 5.75 Å². The Bertz CT molecular complexity index is 728. The van der Waals surface area contributed by atoms with Crippen molar-refractivity contribution in [2.75, 3.05) is 51.3 Å². The molecule has 26 heavy (non-hydrogen) atoms. The van der Waals surface area contributed by atoms with Crippen molar-refractivity contribution in [2.24, 2.45) is 0 Å². The van der Waals surface area contributed by atoms with E-state index in [-0.39, 0.29) is 5.91 Å². The Balaban J connectivity index is 1.41. The highest BCUT2D eigenvalue weighted by Crippen LogP contribution is 2.20. The number of ether oxygens (including phenoxy) is 1. The maximum atomic E-state index is 12.2. The van der Waals surface area contributed by atoms with Crippen LogP contribution in [0.15, 0.2) is 48.5 Å². The van der Waals surface area contributed by atoms with Gasteiger partial charge in [-0.1, -0.05) is 23.7 Å². The third-order valence-electron chi connectivity index (χ3n) is 4.64. The SMILES string of the molecule is COc1ccc(N2CCN(CCNC(=O)c3ccccc3Cl)CC2)cc1. The quantitative estimate of drug-likeness (QED) is 0.845. The van der Waals surface area contributed by atoms with Gasteiger partial charge in [0.1, 0.15) is 5.75 Å². The molecule has 1 saturated heterocycles. The van der Waals surface area contributed by atoms with Crippen molar-refractivity contribution in [3.63, 3.8) is 0 Å². The van der Waals surface area contributed by atoms with Crippen LogP contribution in [-0.4, -0.2) is 57.2 Å². The minimum atomic E-state index is -0.118. The summed E-state index contributed by atoms with van der Waals surface area (Å²) in [6, 6.07) is 15.3. The summed E-state index contributed by atoms with van der Waals surface area (Å²) in [6.07, 6.45) is 0. The van der Waals surface area contributed by atoms with Gasteiger partial charge in [0.2, 0.25) is 0 Å². The number of amides is 1. The first-order valence-electron chi connectivity index (χ1n) is 8.81. The van der Waals surface area contributed by atoms with Crippen molar-refractivity contribution in [3.8, 4) is 5.75 Å². The molecule has 6 heteroatoms. The van der Waals surface area contributed by atoms with Gasteiger partial charge < -0.3 is 15.0 Å². The second kappa shape index (κ2) is 8.92. The zero-order chi connectivity index (χ0) is 18.4. The van der Waals surface area contributed by atoms with Crippen LogP contribution in [0, 0.1) is 0 Å². The molecule has 1 aliphatic rings. The molecular weight excluding hydrogens is 350 g/mol. The first-order chi connectivity index (χ1) is 12.7. The summed E-state index contributed by atoms with van der Waals surface area (Å²) >= 11 is 6.06. The number of hydrogen-bond donors (Lipinski definition) is 1. The highest BCUT2D eigenvalue weighted by Gasteiger charge is 2.17. The van der Waals surface area contributed by atoms with Crippen LogP contribution < -0.4 is 15.0 Å². The zero-order valence-corrected chi connectivity index (χ0v) is 15.7. The van der Waals surface area contributed by atoms with Crippen molar-refractivity contribution in [1.29, 1.82) is 0 Å². The number of methoxy groups -OCH3 is 1. The van der Waals surface area contributed by atoms with Gasteiger partial charge in [-0.3, -0.25) is 9.69 Å². The number of carbonyl (C=O) groups excluding carboxylic acids is 1. The standard InChI is InChI=1S/C20H24ClN3O2/c1-26-17-8-6-16(7-9-17)24-14-12-23(13-15-24)11-10-22-20(25)18-4-2-3-5-19(18)21/h2-9H,10-15H2,1H3,(H,22,25). The predicted molar refractivity (Wildman–Crippen MR) is 105 cm³/mol. The molecule has 1 amide bonds. The number of carbonyl (C=O) groups is 1. The fourth-order valence-electron chi connectivity index (χ4n) is 3.09. The fraction of sp³-hybridized carbons (Fsp3) is 0.350. The Labute approximate surface area is 159 Å². The van der Waals surface area contributed by atoms with Gasteiger partial charge in [-0.05, 0) is 36.4 Å². The minimum Gasteiger partial charge on any atom is -0.497 e. The monoisotopic (exact) mass is 373 g/mol. The molecule has 5 nitrogen and oxygen atoms in total. The molecule has 0 spiro atoms. The maximum absolute atomic E-state index is 12.2. The molecule has 0 atom stereocenters. The van der Waals surface area contributed by atoms with Crippen molar-refractivity contribution >= 4 is 23.2 Å². The number of anilines is 1. The number of piperazine rings is 1. The van der Waals surface area contributed by atoms with E-state index in [2.05, 4.69) is 27.2 Å². The Morgan fingerprint density at radius 1 is 1.08 bits per heavy atom.